The molecule has 0 aliphatic carbocycles. The molecule has 1 fully saturated rings. The van der Waals surface area contributed by atoms with Crippen molar-refractivity contribution in [1.29, 1.82) is 0 Å². The molecule has 0 saturated carbocycles. The van der Waals surface area contributed by atoms with E-state index in [-0.39, 0.29) is 11.8 Å². The molecule has 2 heterocycles. The van der Waals surface area contributed by atoms with E-state index >= 15 is 0 Å². The van der Waals surface area contributed by atoms with Gasteiger partial charge in [0.1, 0.15) is 11.4 Å². The van der Waals surface area contributed by atoms with Crippen LogP contribution in [0.25, 0.3) is 0 Å². The first kappa shape index (κ1) is 19.3. The highest BCUT2D eigenvalue weighted by Crippen LogP contribution is 2.25. The topological polar surface area (TPSA) is 112 Å². The van der Waals surface area contributed by atoms with Crippen LogP contribution in [0.5, 0.6) is 5.75 Å². The fourth-order valence-electron chi connectivity index (χ4n) is 2.80. The number of anilines is 1. The highest BCUT2D eigenvalue weighted by atomic mass is 32.2. The van der Waals surface area contributed by atoms with Crippen LogP contribution in [0.3, 0.4) is 0 Å². The maximum Gasteiger partial charge on any atom is 0.273 e. The van der Waals surface area contributed by atoms with Crippen molar-refractivity contribution in [2.24, 2.45) is 0 Å². The van der Waals surface area contributed by atoms with Gasteiger partial charge in [-0.2, -0.15) is 0 Å². The normalized spacial score (nSPS) is 15.3. The smallest absolute Gasteiger partial charge is 0.273 e. The van der Waals surface area contributed by atoms with E-state index in [1.807, 2.05) is 0 Å². The molecule has 144 valence electrons. The molecule has 1 aromatic heterocycles. The van der Waals surface area contributed by atoms with Gasteiger partial charge in [-0.05, 0) is 12.1 Å². The predicted octanol–water partition coefficient (Wildman–Crippen LogP) is 1.30. The van der Waals surface area contributed by atoms with E-state index in [1.54, 1.807) is 26.8 Å². The molecule has 3 rings (SSSR count). The molecular formula is C16H18N4O5S2. The van der Waals surface area contributed by atoms with Crippen LogP contribution in [0, 0.1) is 0 Å². The highest BCUT2D eigenvalue weighted by Gasteiger charge is 2.27. The molecule has 0 radical (unpaired) electrons. The number of thiazole rings is 1. The number of carbonyl (C=O) groups excluding carboxylic acids is 2. The Hall–Kier alpha value is -2.50. The minimum atomic E-state index is -2.21. The van der Waals surface area contributed by atoms with Crippen LogP contribution in [0.15, 0.2) is 29.1 Å². The Morgan fingerprint density at radius 2 is 1.89 bits per heavy atom. The molecule has 1 aliphatic rings. The Labute approximate surface area is 162 Å². The zero-order chi connectivity index (χ0) is 19.4. The van der Waals surface area contributed by atoms with Gasteiger partial charge in [-0.3, -0.25) is 18.9 Å². The van der Waals surface area contributed by atoms with Gasteiger partial charge < -0.3 is 14.5 Å². The van der Waals surface area contributed by atoms with Crippen molar-refractivity contribution in [2.45, 2.75) is 0 Å². The lowest BCUT2D eigenvalue weighted by atomic mass is 10.1. The molecule has 9 nitrogen and oxygen atoms in total. The third kappa shape index (κ3) is 4.43. The Balaban J connectivity index is 1.67. The average Bonchev–Trinajstić information content (AvgIpc) is 3.21. The third-order valence-corrected chi connectivity index (χ3v) is 5.14. The van der Waals surface area contributed by atoms with Gasteiger partial charge in [0.05, 0.1) is 23.9 Å². The van der Waals surface area contributed by atoms with Crippen molar-refractivity contribution in [3.05, 3.63) is 40.3 Å². The van der Waals surface area contributed by atoms with Crippen molar-refractivity contribution in [1.82, 2.24) is 14.8 Å². The van der Waals surface area contributed by atoms with Gasteiger partial charge >= 0.3 is 0 Å². The number of piperazine rings is 1. The number of nitrogens with zero attached hydrogens (tertiary/aromatic N) is 3. The summed E-state index contributed by atoms with van der Waals surface area (Å²) in [4.78, 5) is 32.5. The van der Waals surface area contributed by atoms with Crippen LogP contribution in [0.1, 0.15) is 20.8 Å². The Morgan fingerprint density at radius 3 is 2.44 bits per heavy atom. The summed E-state index contributed by atoms with van der Waals surface area (Å²) in [6.45, 7) is 1.65. The molecule has 2 N–H and O–H groups in total. The minimum absolute atomic E-state index is 0.131. The van der Waals surface area contributed by atoms with Crippen LogP contribution in [-0.4, -0.2) is 68.6 Å². The molecule has 0 bridgehead atoms. The molecule has 27 heavy (non-hydrogen) atoms. The van der Waals surface area contributed by atoms with E-state index in [0.29, 0.717) is 48.9 Å². The molecule has 1 aliphatic heterocycles. The SMILES string of the molecule is COc1cc(NS(=O)O)ccc1C(=O)N1CCN(C(=O)c2cscn2)CC1. The molecule has 2 aromatic rings. The highest BCUT2D eigenvalue weighted by molar-refractivity contribution is 7.80. The van der Waals surface area contributed by atoms with E-state index < -0.39 is 11.3 Å². The zero-order valence-electron chi connectivity index (χ0n) is 14.5. The van der Waals surface area contributed by atoms with Gasteiger partial charge in [0.15, 0.2) is 0 Å². The molecule has 2 amide bonds. The first-order chi connectivity index (χ1) is 13.0. The zero-order valence-corrected chi connectivity index (χ0v) is 16.1. The molecule has 1 aromatic carbocycles. The van der Waals surface area contributed by atoms with E-state index in [9.17, 15) is 13.8 Å². The van der Waals surface area contributed by atoms with E-state index in [1.165, 1.54) is 30.6 Å². The summed E-state index contributed by atoms with van der Waals surface area (Å²) in [6.07, 6.45) is 0. The maximum absolute atomic E-state index is 12.8. The van der Waals surface area contributed by atoms with Crippen LogP contribution in [0.2, 0.25) is 0 Å². The molecule has 1 unspecified atom stereocenters. The molecule has 1 atom stereocenters. The third-order valence-electron chi connectivity index (χ3n) is 4.14. The second-order valence-corrected chi connectivity index (χ2v) is 7.15. The Kier molecular flexibility index (Phi) is 6.04. The number of aromatic nitrogens is 1. The van der Waals surface area contributed by atoms with E-state index in [2.05, 4.69) is 9.71 Å². The van der Waals surface area contributed by atoms with Crippen LogP contribution < -0.4 is 9.46 Å². The van der Waals surface area contributed by atoms with Crippen LogP contribution in [0.4, 0.5) is 5.69 Å². The fourth-order valence-corrected chi connectivity index (χ4v) is 3.65. The average molecular weight is 410 g/mol. The van der Waals surface area contributed by atoms with Crippen molar-refractivity contribution in [3.8, 4) is 5.75 Å². The number of hydrogen-bond acceptors (Lipinski definition) is 6. The number of ether oxygens (including phenoxy) is 1. The van der Waals surface area contributed by atoms with Gasteiger partial charge in [0, 0.05) is 37.6 Å². The maximum atomic E-state index is 12.8. The summed E-state index contributed by atoms with van der Waals surface area (Å²) in [5, 5.41) is 1.71. The number of methoxy groups -OCH3 is 1. The Morgan fingerprint density at radius 1 is 1.22 bits per heavy atom. The van der Waals surface area contributed by atoms with Crippen molar-refractivity contribution in [3.63, 3.8) is 0 Å². The first-order valence-corrected chi connectivity index (χ1v) is 10.1. The Bertz CT molecular complexity index is 851. The van der Waals surface area contributed by atoms with Gasteiger partial charge in [-0.15, -0.1) is 11.3 Å². The van der Waals surface area contributed by atoms with Crippen LogP contribution >= 0.6 is 11.3 Å². The second-order valence-electron chi connectivity index (χ2n) is 5.72. The predicted molar refractivity (Wildman–Crippen MR) is 101 cm³/mol. The first-order valence-electron chi connectivity index (χ1n) is 8.02. The van der Waals surface area contributed by atoms with Crippen molar-refractivity contribution < 1.29 is 23.1 Å². The monoisotopic (exact) mass is 410 g/mol. The summed E-state index contributed by atoms with van der Waals surface area (Å²) in [5.41, 5.74) is 2.75. The lowest BCUT2D eigenvalue weighted by Gasteiger charge is -2.34. The molecular weight excluding hydrogens is 392 g/mol. The molecule has 1 saturated heterocycles. The summed E-state index contributed by atoms with van der Waals surface area (Å²) in [6, 6.07) is 4.57. The van der Waals surface area contributed by atoms with Gasteiger partial charge in [-0.25, -0.2) is 9.19 Å². The lowest BCUT2D eigenvalue weighted by molar-refractivity contribution is 0.0531. The lowest BCUT2D eigenvalue weighted by Crippen LogP contribution is -2.50. The van der Waals surface area contributed by atoms with Crippen molar-refractivity contribution >= 4 is 40.1 Å². The summed E-state index contributed by atoms with van der Waals surface area (Å²) in [5.74, 6) is -0.0472. The number of amides is 2. The van der Waals surface area contributed by atoms with E-state index in [4.69, 9.17) is 9.29 Å². The van der Waals surface area contributed by atoms with Gasteiger partial charge in [0.25, 0.3) is 23.1 Å². The number of carbonyl (C=O) groups is 2. The molecule has 0 spiro atoms. The molecule has 11 heteroatoms. The summed E-state index contributed by atoms with van der Waals surface area (Å²) < 4.78 is 27.3. The summed E-state index contributed by atoms with van der Waals surface area (Å²) in [7, 11) is 1.43. The fraction of sp³-hybridized carbons (Fsp3) is 0.312. The van der Waals surface area contributed by atoms with Crippen LogP contribution in [-0.2, 0) is 11.3 Å². The number of benzene rings is 1. The van der Waals surface area contributed by atoms with Gasteiger partial charge in [-0.1, -0.05) is 0 Å². The summed E-state index contributed by atoms with van der Waals surface area (Å²) >= 11 is -0.846. The number of rotatable bonds is 5. The van der Waals surface area contributed by atoms with Gasteiger partial charge in [0.2, 0.25) is 0 Å². The van der Waals surface area contributed by atoms with E-state index in [0.717, 1.165) is 0 Å². The standard InChI is InChI=1S/C16H18N4O5S2/c1-25-14-8-11(18-27(23)24)2-3-12(14)15(21)19-4-6-20(7-5-19)16(22)13-9-26-10-17-13/h2-3,8-10,18H,4-7H2,1H3,(H,23,24). The largest absolute Gasteiger partial charge is 0.496 e. The minimum Gasteiger partial charge on any atom is -0.496 e. The second kappa shape index (κ2) is 8.46. The number of hydrogen-bond donors (Lipinski definition) is 2. The van der Waals surface area contributed by atoms with Crippen molar-refractivity contribution in [2.75, 3.05) is 38.0 Å². The quantitative estimate of drug-likeness (QED) is 0.719. The number of nitrogens with one attached hydrogen (secondary N) is 1.